The van der Waals surface area contributed by atoms with Gasteiger partial charge in [0.2, 0.25) is 0 Å². The van der Waals surface area contributed by atoms with Crippen molar-refractivity contribution in [3.05, 3.63) is 35.2 Å². The predicted octanol–water partition coefficient (Wildman–Crippen LogP) is 2.26. The van der Waals surface area contributed by atoms with Crippen molar-refractivity contribution in [3.8, 4) is 17.3 Å². The highest BCUT2D eigenvalue weighted by molar-refractivity contribution is 6.33. The van der Waals surface area contributed by atoms with Gasteiger partial charge in [-0.25, -0.2) is 9.07 Å². The maximum absolute atomic E-state index is 13.0. The summed E-state index contributed by atoms with van der Waals surface area (Å²) in [6, 6.07) is 5.93. The number of nitrogens with zero attached hydrogens (tertiary/aromatic N) is 4. The summed E-state index contributed by atoms with van der Waals surface area (Å²) in [5.41, 5.74) is 0.908. The van der Waals surface area contributed by atoms with Gasteiger partial charge < -0.3 is 0 Å². The van der Waals surface area contributed by atoms with E-state index in [1.54, 1.807) is 6.20 Å². The van der Waals surface area contributed by atoms with E-state index in [4.69, 9.17) is 16.9 Å². The molecule has 0 bridgehead atoms. The lowest BCUT2D eigenvalue weighted by Crippen LogP contribution is -1.94. The van der Waals surface area contributed by atoms with E-state index in [0.29, 0.717) is 16.3 Å². The SMILES string of the molecule is N#CCn1cc(-c2cc(F)ccc2Cl)nn1. The second-order valence-electron chi connectivity index (χ2n) is 3.08. The fourth-order valence-electron chi connectivity index (χ4n) is 1.27. The van der Waals surface area contributed by atoms with Gasteiger partial charge in [-0.1, -0.05) is 16.8 Å². The van der Waals surface area contributed by atoms with Crippen LogP contribution in [0.2, 0.25) is 5.02 Å². The molecular formula is C10H6ClFN4. The van der Waals surface area contributed by atoms with Gasteiger partial charge in [0.1, 0.15) is 18.1 Å². The lowest BCUT2D eigenvalue weighted by atomic mass is 10.1. The Hall–Kier alpha value is -1.93. The molecule has 0 unspecified atom stereocenters. The summed E-state index contributed by atoms with van der Waals surface area (Å²) in [5.74, 6) is -0.394. The smallest absolute Gasteiger partial charge is 0.129 e. The predicted molar refractivity (Wildman–Crippen MR) is 56.0 cm³/mol. The maximum atomic E-state index is 13.0. The van der Waals surface area contributed by atoms with Gasteiger partial charge in [-0.2, -0.15) is 5.26 Å². The summed E-state index contributed by atoms with van der Waals surface area (Å²) >= 11 is 5.91. The number of halogens is 2. The van der Waals surface area contributed by atoms with Crippen LogP contribution in [0.4, 0.5) is 4.39 Å². The molecule has 2 aromatic rings. The molecule has 2 rings (SSSR count). The Morgan fingerprint density at radius 3 is 3.06 bits per heavy atom. The van der Waals surface area contributed by atoms with Crippen LogP contribution in [0.3, 0.4) is 0 Å². The third-order valence-electron chi connectivity index (χ3n) is 1.98. The summed E-state index contributed by atoms with van der Waals surface area (Å²) in [6.07, 6.45) is 1.55. The Labute approximate surface area is 95.9 Å². The molecule has 0 saturated carbocycles. The van der Waals surface area contributed by atoms with E-state index in [-0.39, 0.29) is 6.54 Å². The lowest BCUT2D eigenvalue weighted by molar-refractivity contribution is 0.628. The molecule has 1 aromatic heterocycles. The minimum absolute atomic E-state index is 0.0972. The molecule has 0 radical (unpaired) electrons. The zero-order valence-corrected chi connectivity index (χ0v) is 8.82. The van der Waals surface area contributed by atoms with Crippen molar-refractivity contribution >= 4 is 11.6 Å². The summed E-state index contributed by atoms with van der Waals surface area (Å²) in [4.78, 5) is 0. The normalized spacial score (nSPS) is 10.1. The number of hydrogen-bond acceptors (Lipinski definition) is 3. The number of rotatable bonds is 2. The van der Waals surface area contributed by atoms with Crippen molar-refractivity contribution in [2.75, 3.05) is 0 Å². The molecule has 0 atom stereocenters. The van der Waals surface area contributed by atoms with Crippen molar-refractivity contribution in [3.63, 3.8) is 0 Å². The van der Waals surface area contributed by atoms with Gasteiger partial charge in [0.05, 0.1) is 17.3 Å². The minimum atomic E-state index is -0.394. The highest BCUT2D eigenvalue weighted by Gasteiger charge is 2.09. The van der Waals surface area contributed by atoms with Gasteiger partial charge in [-0.15, -0.1) is 5.10 Å². The van der Waals surface area contributed by atoms with E-state index >= 15 is 0 Å². The van der Waals surface area contributed by atoms with Gasteiger partial charge in [0.15, 0.2) is 0 Å². The number of nitriles is 1. The fraction of sp³-hybridized carbons (Fsp3) is 0.100. The first-order valence-corrected chi connectivity index (χ1v) is 4.81. The first-order chi connectivity index (χ1) is 7.70. The van der Waals surface area contributed by atoms with E-state index in [0.717, 1.165) is 0 Å². The summed E-state index contributed by atoms with van der Waals surface area (Å²) in [6.45, 7) is 0.0972. The molecule has 0 aliphatic heterocycles. The van der Waals surface area contributed by atoms with E-state index in [1.165, 1.54) is 22.9 Å². The molecular weight excluding hydrogens is 231 g/mol. The van der Waals surface area contributed by atoms with Gasteiger partial charge >= 0.3 is 0 Å². The van der Waals surface area contributed by atoms with Crippen molar-refractivity contribution in [1.29, 1.82) is 5.26 Å². The Bertz CT molecular complexity index is 558. The van der Waals surface area contributed by atoms with Crippen LogP contribution in [-0.2, 0) is 6.54 Å². The maximum Gasteiger partial charge on any atom is 0.129 e. The molecule has 0 spiro atoms. The molecule has 0 fully saturated rings. The van der Waals surface area contributed by atoms with E-state index in [2.05, 4.69) is 10.3 Å². The lowest BCUT2D eigenvalue weighted by Gasteiger charge is -1.98. The Balaban J connectivity index is 2.42. The van der Waals surface area contributed by atoms with Crippen LogP contribution in [-0.4, -0.2) is 15.0 Å². The van der Waals surface area contributed by atoms with E-state index in [9.17, 15) is 4.39 Å². The largest absolute Gasteiger partial charge is 0.238 e. The molecule has 0 amide bonds. The molecule has 80 valence electrons. The molecule has 0 saturated heterocycles. The molecule has 0 aliphatic carbocycles. The average Bonchev–Trinajstić information content (AvgIpc) is 2.71. The zero-order valence-electron chi connectivity index (χ0n) is 8.06. The third kappa shape index (κ3) is 2.02. The number of hydrogen-bond donors (Lipinski definition) is 0. The topological polar surface area (TPSA) is 54.5 Å². The van der Waals surface area contributed by atoms with Crippen LogP contribution in [0.15, 0.2) is 24.4 Å². The minimum Gasteiger partial charge on any atom is -0.238 e. The van der Waals surface area contributed by atoms with Crippen molar-refractivity contribution in [2.45, 2.75) is 6.54 Å². The number of benzene rings is 1. The second kappa shape index (κ2) is 4.29. The zero-order chi connectivity index (χ0) is 11.5. The standard InChI is InChI=1S/C10H6ClFN4/c11-9-2-1-7(12)5-8(9)10-6-16(4-3-13)15-14-10/h1-2,5-6H,4H2. The van der Waals surface area contributed by atoms with Crippen LogP contribution in [0, 0.1) is 17.1 Å². The van der Waals surface area contributed by atoms with Crippen LogP contribution in [0.1, 0.15) is 0 Å². The van der Waals surface area contributed by atoms with E-state index < -0.39 is 5.82 Å². The van der Waals surface area contributed by atoms with E-state index in [1.807, 2.05) is 6.07 Å². The molecule has 4 nitrogen and oxygen atoms in total. The summed E-state index contributed by atoms with van der Waals surface area (Å²) in [5, 5.41) is 16.4. The second-order valence-corrected chi connectivity index (χ2v) is 3.49. The molecule has 6 heteroatoms. The van der Waals surface area contributed by atoms with Gasteiger partial charge in [0, 0.05) is 5.56 Å². The Kier molecular flexibility index (Phi) is 2.84. The van der Waals surface area contributed by atoms with Crippen molar-refractivity contribution in [1.82, 2.24) is 15.0 Å². The Morgan fingerprint density at radius 1 is 1.50 bits per heavy atom. The van der Waals surface area contributed by atoms with Crippen molar-refractivity contribution in [2.24, 2.45) is 0 Å². The molecule has 16 heavy (non-hydrogen) atoms. The first kappa shape index (κ1) is 10.6. The van der Waals surface area contributed by atoms with Crippen LogP contribution in [0.25, 0.3) is 11.3 Å². The summed E-state index contributed by atoms with van der Waals surface area (Å²) in [7, 11) is 0. The van der Waals surface area contributed by atoms with Crippen LogP contribution < -0.4 is 0 Å². The molecule has 1 heterocycles. The quantitative estimate of drug-likeness (QED) is 0.804. The van der Waals surface area contributed by atoms with Gasteiger partial charge in [-0.3, -0.25) is 0 Å². The van der Waals surface area contributed by atoms with Crippen LogP contribution in [0.5, 0.6) is 0 Å². The van der Waals surface area contributed by atoms with Gasteiger partial charge in [0.25, 0.3) is 0 Å². The third-order valence-corrected chi connectivity index (χ3v) is 2.31. The summed E-state index contributed by atoms with van der Waals surface area (Å²) < 4.78 is 14.4. The fourth-order valence-corrected chi connectivity index (χ4v) is 1.48. The molecule has 0 aliphatic rings. The number of aromatic nitrogens is 3. The highest BCUT2D eigenvalue weighted by Crippen LogP contribution is 2.26. The monoisotopic (exact) mass is 236 g/mol. The van der Waals surface area contributed by atoms with Crippen LogP contribution >= 0.6 is 11.6 Å². The Morgan fingerprint density at radius 2 is 2.31 bits per heavy atom. The van der Waals surface area contributed by atoms with Crippen molar-refractivity contribution < 1.29 is 4.39 Å². The highest BCUT2D eigenvalue weighted by atomic mass is 35.5. The van der Waals surface area contributed by atoms with Gasteiger partial charge in [-0.05, 0) is 18.2 Å². The molecule has 0 N–H and O–H groups in total. The molecule has 1 aromatic carbocycles. The first-order valence-electron chi connectivity index (χ1n) is 4.43. The average molecular weight is 237 g/mol.